The van der Waals surface area contributed by atoms with Crippen molar-refractivity contribution in [2.45, 2.75) is 25.9 Å². The van der Waals surface area contributed by atoms with Crippen LogP contribution in [0, 0.1) is 12.8 Å². The van der Waals surface area contributed by atoms with Crippen molar-refractivity contribution in [3.8, 4) is 10.9 Å². The second-order valence-electron chi connectivity index (χ2n) is 6.55. The Balaban J connectivity index is 1.43. The smallest absolute Gasteiger partial charge is 0.279 e. The molecule has 3 aromatic rings. The Bertz CT molecular complexity index is 914. The van der Waals surface area contributed by atoms with Crippen molar-refractivity contribution in [3.63, 3.8) is 0 Å². The highest BCUT2D eigenvalue weighted by atomic mass is 32.1. The van der Waals surface area contributed by atoms with Crippen LogP contribution in [0.15, 0.2) is 42.5 Å². The highest BCUT2D eigenvalue weighted by Gasteiger charge is 2.34. The number of thiazole rings is 1. The van der Waals surface area contributed by atoms with Gasteiger partial charge >= 0.3 is 0 Å². The topological polar surface area (TPSA) is 60.5 Å². The molecule has 0 bridgehead atoms. The van der Waals surface area contributed by atoms with Crippen LogP contribution in [-0.4, -0.2) is 24.1 Å². The van der Waals surface area contributed by atoms with E-state index in [0.29, 0.717) is 5.19 Å². The molecule has 0 unspecified atom stereocenters. The molecule has 0 atom stereocenters. The maximum atomic E-state index is 12.2. The van der Waals surface area contributed by atoms with E-state index >= 15 is 0 Å². The third kappa shape index (κ3) is 3.43. The summed E-state index contributed by atoms with van der Waals surface area (Å²) in [5, 5.41) is 3.60. The molecule has 6 heteroatoms. The van der Waals surface area contributed by atoms with Gasteiger partial charge in [0.05, 0.1) is 16.3 Å². The van der Waals surface area contributed by atoms with E-state index in [1.165, 1.54) is 11.3 Å². The number of ether oxygens (including phenoxy) is 2. The number of fused-ring (bicyclic) bond motifs is 1. The molecule has 1 aromatic heterocycles. The summed E-state index contributed by atoms with van der Waals surface area (Å²) in [7, 11) is 1.69. The van der Waals surface area contributed by atoms with Crippen molar-refractivity contribution in [1.82, 2.24) is 4.98 Å². The molecule has 4 rings (SSSR count). The Morgan fingerprint density at radius 1 is 1.23 bits per heavy atom. The zero-order valence-corrected chi connectivity index (χ0v) is 15.5. The van der Waals surface area contributed by atoms with Gasteiger partial charge in [0.1, 0.15) is 5.75 Å². The molecular formula is C20H20N2O3S. The lowest BCUT2D eigenvalue weighted by atomic mass is 9.81. The summed E-state index contributed by atoms with van der Waals surface area (Å²) >= 11 is 1.52. The number of para-hydroxylation sites is 1. The van der Waals surface area contributed by atoms with E-state index in [-0.39, 0.29) is 17.9 Å². The Morgan fingerprint density at radius 2 is 2.04 bits per heavy atom. The number of amides is 1. The zero-order chi connectivity index (χ0) is 18.1. The van der Waals surface area contributed by atoms with Crippen molar-refractivity contribution in [2.75, 3.05) is 12.4 Å². The maximum absolute atomic E-state index is 12.2. The largest absolute Gasteiger partial charge is 0.431 e. The van der Waals surface area contributed by atoms with E-state index in [1.807, 2.05) is 49.4 Å². The zero-order valence-electron chi connectivity index (χ0n) is 14.7. The summed E-state index contributed by atoms with van der Waals surface area (Å²) in [5.41, 5.74) is 2.67. The van der Waals surface area contributed by atoms with Crippen LogP contribution in [-0.2, 0) is 9.53 Å². The summed E-state index contributed by atoms with van der Waals surface area (Å²) in [5.74, 6) is 0.835. The van der Waals surface area contributed by atoms with Gasteiger partial charge in [0.25, 0.3) is 5.19 Å². The van der Waals surface area contributed by atoms with Crippen LogP contribution in [0.3, 0.4) is 0 Å². The van der Waals surface area contributed by atoms with Gasteiger partial charge in [-0.1, -0.05) is 23.5 Å². The lowest BCUT2D eigenvalue weighted by Gasteiger charge is -2.32. The number of carbonyl (C=O) groups excluding carboxylic acids is 1. The van der Waals surface area contributed by atoms with Gasteiger partial charge in [0.2, 0.25) is 5.91 Å². The molecule has 0 aliphatic heterocycles. The third-order valence-corrected chi connectivity index (χ3v) is 5.63. The van der Waals surface area contributed by atoms with E-state index in [9.17, 15) is 4.79 Å². The van der Waals surface area contributed by atoms with Gasteiger partial charge in [-0.3, -0.25) is 4.79 Å². The minimum absolute atomic E-state index is 0.0407. The number of aryl methyl sites for hydroxylation is 1. The number of anilines is 1. The minimum Gasteiger partial charge on any atom is -0.431 e. The highest BCUT2D eigenvalue weighted by molar-refractivity contribution is 7.20. The van der Waals surface area contributed by atoms with E-state index in [4.69, 9.17) is 9.47 Å². The van der Waals surface area contributed by atoms with Crippen molar-refractivity contribution >= 4 is 33.1 Å². The highest BCUT2D eigenvalue weighted by Crippen LogP contribution is 2.34. The van der Waals surface area contributed by atoms with Crippen molar-refractivity contribution < 1.29 is 14.3 Å². The summed E-state index contributed by atoms with van der Waals surface area (Å²) in [6, 6.07) is 13.6. The van der Waals surface area contributed by atoms with E-state index < -0.39 is 0 Å². The fraction of sp³-hybridized carbons (Fsp3) is 0.300. The molecule has 0 radical (unpaired) electrons. The predicted molar refractivity (Wildman–Crippen MR) is 103 cm³/mol. The van der Waals surface area contributed by atoms with Crippen LogP contribution >= 0.6 is 11.3 Å². The number of nitrogens with one attached hydrogen (secondary N) is 1. The third-order valence-electron chi connectivity index (χ3n) is 4.71. The average molecular weight is 368 g/mol. The molecule has 1 heterocycles. The Kier molecular flexibility index (Phi) is 4.61. The lowest BCUT2D eigenvalue weighted by Crippen LogP contribution is -2.38. The van der Waals surface area contributed by atoms with Gasteiger partial charge in [-0.05, 0) is 55.7 Å². The maximum Gasteiger partial charge on any atom is 0.279 e. The molecule has 1 amide bonds. The summed E-state index contributed by atoms with van der Waals surface area (Å²) in [4.78, 5) is 16.7. The average Bonchev–Trinajstić information content (AvgIpc) is 2.99. The van der Waals surface area contributed by atoms with Gasteiger partial charge in [0.15, 0.2) is 0 Å². The molecule has 2 aromatic carbocycles. The van der Waals surface area contributed by atoms with Crippen LogP contribution < -0.4 is 10.1 Å². The molecule has 1 aliphatic carbocycles. The van der Waals surface area contributed by atoms with Crippen molar-refractivity contribution in [3.05, 3.63) is 48.0 Å². The number of benzene rings is 2. The second-order valence-corrected chi connectivity index (χ2v) is 7.54. The Hall–Kier alpha value is -2.44. The number of hydrogen-bond acceptors (Lipinski definition) is 5. The quantitative estimate of drug-likeness (QED) is 0.705. The fourth-order valence-corrected chi connectivity index (χ4v) is 3.88. The van der Waals surface area contributed by atoms with Gasteiger partial charge in [0, 0.05) is 18.7 Å². The monoisotopic (exact) mass is 368 g/mol. The normalized spacial score (nSPS) is 19.2. The van der Waals surface area contributed by atoms with E-state index in [1.54, 1.807) is 7.11 Å². The van der Waals surface area contributed by atoms with Gasteiger partial charge in [-0.15, -0.1) is 0 Å². The summed E-state index contributed by atoms with van der Waals surface area (Å²) in [6.07, 6.45) is 1.80. The minimum atomic E-state index is 0.0407. The standard InChI is InChI=1S/C20H20N2O3S/c1-12-9-14(21-19(23)13-10-15(11-13)24-2)7-8-17(12)25-20-22-16-5-3-4-6-18(16)26-20/h3-9,13,15H,10-11H2,1-2H3,(H,21,23). The van der Waals surface area contributed by atoms with Crippen LogP contribution in [0.4, 0.5) is 5.69 Å². The number of rotatable bonds is 5. The summed E-state index contributed by atoms with van der Waals surface area (Å²) < 4.78 is 12.3. The van der Waals surface area contributed by atoms with Crippen LogP contribution in [0.1, 0.15) is 18.4 Å². The first kappa shape index (κ1) is 17.0. The van der Waals surface area contributed by atoms with Crippen molar-refractivity contribution in [2.24, 2.45) is 5.92 Å². The first-order valence-electron chi connectivity index (χ1n) is 8.60. The SMILES string of the molecule is COC1CC(C(=O)Nc2ccc(Oc3nc4ccccc4s3)c(C)c2)C1. The van der Waals surface area contributed by atoms with Gasteiger partial charge in [-0.25, -0.2) is 4.98 Å². The van der Waals surface area contributed by atoms with Crippen LogP contribution in [0.2, 0.25) is 0 Å². The number of nitrogens with zero attached hydrogens (tertiary/aromatic N) is 1. The van der Waals surface area contributed by atoms with Gasteiger partial charge < -0.3 is 14.8 Å². The second kappa shape index (κ2) is 7.05. The Labute approximate surface area is 156 Å². The fourth-order valence-electron chi connectivity index (χ4n) is 3.05. The van der Waals surface area contributed by atoms with E-state index in [2.05, 4.69) is 10.3 Å². The molecule has 1 fully saturated rings. The molecule has 1 aliphatic rings. The number of hydrogen-bond donors (Lipinski definition) is 1. The number of methoxy groups -OCH3 is 1. The van der Waals surface area contributed by atoms with E-state index in [0.717, 1.165) is 40.1 Å². The van der Waals surface area contributed by atoms with Crippen molar-refractivity contribution in [1.29, 1.82) is 0 Å². The molecule has 0 spiro atoms. The number of aromatic nitrogens is 1. The first-order chi connectivity index (χ1) is 12.6. The van der Waals surface area contributed by atoms with Crippen LogP contribution in [0.25, 0.3) is 10.2 Å². The number of carbonyl (C=O) groups is 1. The molecule has 5 nitrogen and oxygen atoms in total. The molecule has 1 saturated carbocycles. The molecular weight excluding hydrogens is 348 g/mol. The van der Waals surface area contributed by atoms with Crippen LogP contribution in [0.5, 0.6) is 10.9 Å². The molecule has 1 N–H and O–H groups in total. The molecule has 0 saturated heterocycles. The molecule has 26 heavy (non-hydrogen) atoms. The molecule has 134 valence electrons. The first-order valence-corrected chi connectivity index (χ1v) is 9.42. The Morgan fingerprint density at radius 3 is 2.77 bits per heavy atom. The lowest BCUT2D eigenvalue weighted by molar-refractivity contribution is -0.127. The predicted octanol–water partition coefficient (Wildman–Crippen LogP) is 4.76. The van der Waals surface area contributed by atoms with Gasteiger partial charge in [-0.2, -0.15) is 0 Å². The summed E-state index contributed by atoms with van der Waals surface area (Å²) in [6.45, 7) is 1.96.